The second-order valence-corrected chi connectivity index (χ2v) is 8.38. The summed E-state index contributed by atoms with van der Waals surface area (Å²) in [5, 5.41) is 4.05. The molecule has 0 radical (unpaired) electrons. The van der Waals surface area contributed by atoms with E-state index in [0.717, 1.165) is 15.6 Å². The smallest absolute Gasteiger partial charge is 0.271 e. The van der Waals surface area contributed by atoms with Crippen LogP contribution in [-0.2, 0) is 6.61 Å². The highest BCUT2D eigenvalue weighted by molar-refractivity contribution is 9.10. The van der Waals surface area contributed by atoms with E-state index in [9.17, 15) is 4.79 Å². The minimum Gasteiger partial charge on any atom is -0.494 e. The van der Waals surface area contributed by atoms with Crippen LogP contribution in [0.5, 0.6) is 17.2 Å². The third-order valence-corrected chi connectivity index (χ3v) is 5.47. The van der Waals surface area contributed by atoms with Crippen molar-refractivity contribution in [3.63, 3.8) is 0 Å². The lowest BCUT2D eigenvalue weighted by Crippen LogP contribution is -2.17. The lowest BCUT2D eigenvalue weighted by atomic mass is 10.2. The van der Waals surface area contributed by atoms with Crippen LogP contribution in [0.15, 0.2) is 74.7 Å². The number of ether oxygens (including phenoxy) is 3. The second-order valence-electron chi connectivity index (χ2n) is 6.61. The largest absolute Gasteiger partial charge is 0.494 e. The van der Waals surface area contributed by atoms with Crippen molar-refractivity contribution in [2.75, 3.05) is 13.7 Å². The lowest BCUT2D eigenvalue weighted by molar-refractivity contribution is 0.0955. The number of hydrogen-bond acceptors (Lipinski definition) is 5. The Morgan fingerprint density at radius 3 is 2.41 bits per heavy atom. The van der Waals surface area contributed by atoms with E-state index in [4.69, 9.17) is 14.2 Å². The van der Waals surface area contributed by atoms with Crippen LogP contribution in [0.3, 0.4) is 0 Å². The van der Waals surface area contributed by atoms with E-state index in [1.165, 1.54) is 6.21 Å². The van der Waals surface area contributed by atoms with Gasteiger partial charge in [-0.2, -0.15) is 5.10 Å². The van der Waals surface area contributed by atoms with Crippen LogP contribution >= 0.6 is 31.9 Å². The standard InChI is InChI=1S/C24H22Br2N2O4/c1-3-31-20-10-6-18(7-11-20)24(29)28-27-14-17-12-21(26)23(22(13-17)30-2)32-15-16-4-8-19(25)9-5-16/h4-14H,3,15H2,1-2H3,(H,28,29)/b27-14+. The maximum absolute atomic E-state index is 12.3. The summed E-state index contributed by atoms with van der Waals surface area (Å²) in [4.78, 5) is 12.3. The predicted octanol–water partition coefficient (Wildman–Crippen LogP) is 5.96. The molecule has 3 aromatic carbocycles. The van der Waals surface area contributed by atoms with Crippen molar-refractivity contribution >= 4 is 44.0 Å². The van der Waals surface area contributed by atoms with Crippen LogP contribution in [0.25, 0.3) is 0 Å². The van der Waals surface area contributed by atoms with Gasteiger partial charge in [-0.15, -0.1) is 0 Å². The molecule has 3 aromatic rings. The maximum Gasteiger partial charge on any atom is 0.271 e. The first-order valence-electron chi connectivity index (χ1n) is 9.81. The molecule has 0 saturated heterocycles. The average Bonchev–Trinajstić information content (AvgIpc) is 2.80. The van der Waals surface area contributed by atoms with Crippen LogP contribution in [0.4, 0.5) is 0 Å². The Bertz CT molecular complexity index is 1080. The van der Waals surface area contributed by atoms with Gasteiger partial charge in [0.1, 0.15) is 12.4 Å². The van der Waals surface area contributed by atoms with E-state index in [1.807, 2.05) is 37.3 Å². The number of carbonyl (C=O) groups is 1. The van der Waals surface area contributed by atoms with E-state index in [1.54, 1.807) is 37.4 Å². The molecule has 166 valence electrons. The first kappa shape index (κ1) is 23.8. The number of hydrogen-bond donors (Lipinski definition) is 1. The monoisotopic (exact) mass is 560 g/mol. The van der Waals surface area contributed by atoms with Gasteiger partial charge in [0.2, 0.25) is 0 Å². The number of hydrazone groups is 1. The molecular formula is C24H22Br2N2O4. The first-order chi connectivity index (χ1) is 15.5. The van der Waals surface area contributed by atoms with E-state index >= 15 is 0 Å². The van der Waals surface area contributed by atoms with Crippen LogP contribution < -0.4 is 19.6 Å². The van der Waals surface area contributed by atoms with Crippen molar-refractivity contribution in [1.82, 2.24) is 5.43 Å². The Balaban J connectivity index is 1.64. The summed E-state index contributed by atoms with van der Waals surface area (Å²) in [6, 6.07) is 18.4. The predicted molar refractivity (Wildman–Crippen MR) is 132 cm³/mol. The molecule has 0 spiro atoms. The number of nitrogens with zero attached hydrogens (tertiary/aromatic N) is 1. The summed E-state index contributed by atoms with van der Waals surface area (Å²) >= 11 is 6.95. The van der Waals surface area contributed by atoms with E-state index in [-0.39, 0.29) is 5.91 Å². The zero-order chi connectivity index (χ0) is 22.9. The van der Waals surface area contributed by atoms with Gasteiger partial charge in [-0.25, -0.2) is 5.43 Å². The van der Waals surface area contributed by atoms with E-state index < -0.39 is 0 Å². The van der Waals surface area contributed by atoms with Gasteiger partial charge in [-0.1, -0.05) is 28.1 Å². The van der Waals surface area contributed by atoms with Gasteiger partial charge < -0.3 is 14.2 Å². The Labute approximate surface area is 203 Å². The summed E-state index contributed by atoms with van der Waals surface area (Å²) in [6.45, 7) is 2.88. The summed E-state index contributed by atoms with van der Waals surface area (Å²) in [6.07, 6.45) is 1.54. The number of amides is 1. The van der Waals surface area contributed by atoms with Crippen molar-refractivity contribution in [3.8, 4) is 17.2 Å². The Hall–Kier alpha value is -2.84. The van der Waals surface area contributed by atoms with Gasteiger partial charge in [-0.05, 0) is 82.5 Å². The molecule has 0 aromatic heterocycles. The van der Waals surface area contributed by atoms with Crippen molar-refractivity contribution in [2.45, 2.75) is 13.5 Å². The molecule has 3 rings (SSSR count). The van der Waals surface area contributed by atoms with E-state index in [2.05, 4.69) is 42.4 Å². The van der Waals surface area contributed by atoms with Gasteiger partial charge in [-0.3, -0.25) is 4.79 Å². The molecule has 0 aliphatic rings. The van der Waals surface area contributed by atoms with Crippen molar-refractivity contribution in [3.05, 3.63) is 86.3 Å². The van der Waals surface area contributed by atoms with Crippen LogP contribution in [0.2, 0.25) is 0 Å². The molecule has 0 fully saturated rings. The highest BCUT2D eigenvalue weighted by Crippen LogP contribution is 2.37. The summed E-state index contributed by atoms with van der Waals surface area (Å²) in [5.41, 5.74) is 4.77. The molecule has 8 heteroatoms. The van der Waals surface area contributed by atoms with E-state index in [0.29, 0.717) is 40.5 Å². The van der Waals surface area contributed by atoms with Crippen LogP contribution in [-0.4, -0.2) is 25.8 Å². The fourth-order valence-corrected chi connectivity index (χ4v) is 3.63. The fraction of sp³-hybridized carbons (Fsp3) is 0.167. The minimum atomic E-state index is -0.315. The molecule has 0 atom stereocenters. The van der Waals surface area contributed by atoms with Gasteiger partial charge >= 0.3 is 0 Å². The van der Waals surface area contributed by atoms with Gasteiger partial charge in [0, 0.05) is 10.0 Å². The molecule has 0 unspecified atom stereocenters. The summed E-state index contributed by atoms with van der Waals surface area (Å²) in [5.74, 6) is 1.54. The third-order valence-electron chi connectivity index (χ3n) is 4.36. The number of nitrogens with one attached hydrogen (secondary N) is 1. The third kappa shape index (κ3) is 6.58. The van der Waals surface area contributed by atoms with Crippen molar-refractivity contribution in [1.29, 1.82) is 0 Å². The maximum atomic E-state index is 12.3. The molecule has 0 heterocycles. The second kappa shape index (κ2) is 11.7. The Morgan fingerprint density at radius 2 is 1.75 bits per heavy atom. The molecule has 1 amide bonds. The lowest BCUT2D eigenvalue weighted by Gasteiger charge is -2.13. The molecular weight excluding hydrogens is 540 g/mol. The van der Waals surface area contributed by atoms with Crippen LogP contribution in [0, 0.1) is 0 Å². The number of methoxy groups -OCH3 is 1. The number of benzene rings is 3. The average molecular weight is 562 g/mol. The van der Waals surface area contributed by atoms with Gasteiger partial charge in [0.25, 0.3) is 5.91 Å². The molecule has 0 saturated carbocycles. The minimum absolute atomic E-state index is 0.315. The van der Waals surface area contributed by atoms with Gasteiger partial charge in [0.15, 0.2) is 11.5 Å². The molecule has 0 aliphatic heterocycles. The highest BCUT2D eigenvalue weighted by atomic mass is 79.9. The summed E-state index contributed by atoms with van der Waals surface area (Å²) < 4.78 is 18.5. The zero-order valence-electron chi connectivity index (χ0n) is 17.6. The zero-order valence-corrected chi connectivity index (χ0v) is 20.8. The molecule has 6 nitrogen and oxygen atoms in total. The van der Waals surface area contributed by atoms with Crippen LogP contribution in [0.1, 0.15) is 28.4 Å². The Morgan fingerprint density at radius 1 is 1.03 bits per heavy atom. The molecule has 32 heavy (non-hydrogen) atoms. The molecule has 0 aliphatic carbocycles. The molecule has 0 bridgehead atoms. The number of carbonyl (C=O) groups excluding carboxylic acids is 1. The molecule has 1 N–H and O–H groups in total. The fourth-order valence-electron chi connectivity index (χ4n) is 2.79. The number of halogens is 2. The first-order valence-corrected chi connectivity index (χ1v) is 11.4. The SMILES string of the molecule is CCOc1ccc(C(=O)N/N=C/c2cc(Br)c(OCc3ccc(Br)cc3)c(OC)c2)cc1. The number of rotatable bonds is 9. The quantitative estimate of drug-likeness (QED) is 0.258. The normalized spacial score (nSPS) is 10.8. The topological polar surface area (TPSA) is 69.2 Å². The van der Waals surface area contributed by atoms with Gasteiger partial charge in [0.05, 0.1) is 24.4 Å². The highest BCUT2D eigenvalue weighted by Gasteiger charge is 2.12. The Kier molecular flexibility index (Phi) is 8.70. The van der Waals surface area contributed by atoms with Crippen molar-refractivity contribution in [2.24, 2.45) is 5.10 Å². The summed E-state index contributed by atoms with van der Waals surface area (Å²) in [7, 11) is 1.57. The van der Waals surface area contributed by atoms with Crippen molar-refractivity contribution < 1.29 is 19.0 Å².